The van der Waals surface area contributed by atoms with Gasteiger partial charge in [0.1, 0.15) is 23.4 Å². The normalized spacial score (nSPS) is 28.7. The fourth-order valence-electron chi connectivity index (χ4n) is 4.04. The van der Waals surface area contributed by atoms with Crippen LogP contribution in [-0.2, 0) is 4.74 Å². The van der Waals surface area contributed by atoms with Crippen LogP contribution in [0.4, 0.5) is 0 Å². The fourth-order valence-corrected chi connectivity index (χ4v) is 4.04. The van der Waals surface area contributed by atoms with Crippen molar-refractivity contribution in [2.75, 3.05) is 7.11 Å². The van der Waals surface area contributed by atoms with Gasteiger partial charge in [-0.25, -0.2) is 0 Å². The van der Waals surface area contributed by atoms with Crippen molar-refractivity contribution >= 4 is 0 Å². The van der Waals surface area contributed by atoms with Crippen molar-refractivity contribution in [1.82, 2.24) is 0 Å². The Morgan fingerprint density at radius 3 is 2.48 bits per heavy atom. The minimum absolute atomic E-state index is 0.0576. The molecule has 2 aromatic rings. The lowest BCUT2D eigenvalue weighted by Crippen LogP contribution is -2.26. The monoisotopic (exact) mass is 312 g/mol. The molecule has 1 fully saturated rings. The van der Waals surface area contributed by atoms with E-state index in [9.17, 15) is 10.2 Å². The summed E-state index contributed by atoms with van der Waals surface area (Å²) in [5.74, 6) is 1.98. The summed E-state index contributed by atoms with van der Waals surface area (Å²) in [6, 6.07) is 12.6. The molecule has 120 valence electrons. The van der Waals surface area contributed by atoms with Crippen molar-refractivity contribution < 1.29 is 19.7 Å². The van der Waals surface area contributed by atoms with E-state index in [0.717, 1.165) is 29.7 Å². The minimum Gasteiger partial charge on any atom is -0.508 e. The molecule has 1 saturated carbocycles. The number of ether oxygens (including phenoxy) is 2. The number of benzene rings is 2. The van der Waals surface area contributed by atoms with Crippen molar-refractivity contribution in [3.05, 3.63) is 53.6 Å². The van der Waals surface area contributed by atoms with E-state index in [-0.39, 0.29) is 23.7 Å². The highest BCUT2D eigenvalue weighted by atomic mass is 16.5. The Balaban J connectivity index is 1.76. The number of hydrogen-bond donors (Lipinski definition) is 2. The molecule has 1 aliphatic carbocycles. The smallest absolute Gasteiger partial charge is 0.127 e. The zero-order chi connectivity index (χ0) is 16.0. The van der Waals surface area contributed by atoms with Crippen molar-refractivity contribution in [3.8, 4) is 17.2 Å². The van der Waals surface area contributed by atoms with Crippen LogP contribution in [0.5, 0.6) is 17.2 Å². The molecule has 2 aliphatic rings. The molecule has 0 bridgehead atoms. The van der Waals surface area contributed by atoms with Crippen LogP contribution in [0.3, 0.4) is 0 Å². The van der Waals surface area contributed by atoms with Crippen LogP contribution in [0, 0.1) is 5.92 Å². The van der Waals surface area contributed by atoms with Gasteiger partial charge in [0.25, 0.3) is 0 Å². The number of fused-ring (bicyclic) bond motifs is 3. The average molecular weight is 312 g/mol. The summed E-state index contributed by atoms with van der Waals surface area (Å²) in [6.07, 6.45) is 2.02. The summed E-state index contributed by atoms with van der Waals surface area (Å²) in [5.41, 5.74) is 2.14. The van der Waals surface area contributed by atoms with E-state index in [0.29, 0.717) is 11.8 Å². The quantitative estimate of drug-likeness (QED) is 0.887. The molecule has 0 saturated heterocycles. The number of rotatable bonds is 2. The lowest BCUT2D eigenvalue weighted by atomic mass is 9.80. The second-order valence-corrected chi connectivity index (χ2v) is 6.45. The van der Waals surface area contributed by atoms with Gasteiger partial charge in [0, 0.05) is 18.6 Å². The van der Waals surface area contributed by atoms with Crippen LogP contribution in [0.2, 0.25) is 0 Å². The highest BCUT2D eigenvalue weighted by Crippen LogP contribution is 2.54. The van der Waals surface area contributed by atoms with Crippen LogP contribution >= 0.6 is 0 Å². The van der Waals surface area contributed by atoms with Crippen LogP contribution in [0.15, 0.2) is 42.5 Å². The van der Waals surface area contributed by atoms with Gasteiger partial charge >= 0.3 is 0 Å². The van der Waals surface area contributed by atoms with Crippen molar-refractivity contribution in [2.24, 2.45) is 5.92 Å². The Bertz CT molecular complexity index is 710. The highest BCUT2D eigenvalue weighted by Gasteiger charge is 2.45. The number of phenols is 2. The molecule has 0 aromatic heterocycles. The van der Waals surface area contributed by atoms with Gasteiger partial charge in [-0.05, 0) is 54.7 Å². The van der Waals surface area contributed by atoms with Crippen LogP contribution in [0.25, 0.3) is 0 Å². The predicted molar refractivity (Wildman–Crippen MR) is 85.8 cm³/mol. The van der Waals surface area contributed by atoms with Crippen molar-refractivity contribution in [3.63, 3.8) is 0 Å². The molecule has 4 nitrogen and oxygen atoms in total. The molecule has 4 unspecified atom stereocenters. The van der Waals surface area contributed by atoms with E-state index >= 15 is 0 Å². The number of hydrogen-bond acceptors (Lipinski definition) is 4. The molecule has 2 aromatic carbocycles. The van der Waals surface area contributed by atoms with Gasteiger partial charge in [-0.3, -0.25) is 0 Å². The summed E-state index contributed by atoms with van der Waals surface area (Å²) in [7, 11) is 1.75. The molecule has 23 heavy (non-hydrogen) atoms. The molecule has 1 aliphatic heterocycles. The summed E-state index contributed by atoms with van der Waals surface area (Å²) in [6.45, 7) is 0. The maximum absolute atomic E-state index is 9.83. The lowest BCUT2D eigenvalue weighted by Gasteiger charge is -2.36. The first kappa shape index (κ1) is 14.4. The van der Waals surface area contributed by atoms with Crippen molar-refractivity contribution in [2.45, 2.75) is 31.0 Å². The SMILES string of the molecule is COC1CC2c3cc(O)ccc3OC(c3ccc(O)cc3)C2C1. The average Bonchev–Trinajstić information content (AvgIpc) is 3.00. The first-order valence-electron chi connectivity index (χ1n) is 7.97. The predicted octanol–water partition coefficient (Wildman–Crippen LogP) is 3.74. The zero-order valence-corrected chi connectivity index (χ0v) is 13.0. The highest BCUT2D eigenvalue weighted by molar-refractivity contribution is 5.46. The third-order valence-electron chi connectivity index (χ3n) is 5.16. The van der Waals surface area contributed by atoms with Crippen LogP contribution in [-0.4, -0.2) is 23.4 Å². The van der Waals surface area contributed by atoms with Gasteiger partial charge in [0.2, 0.25) is 0 Å². The van der Waals surface area contributed by atoms with Gasteiger partial charge in [0.05, 0.1) is 6.10 Å². The molecular formula is C19H20O4. The summed E-state index contributed by atoms with van der Waals surface area (Å²) in [5, 5.41) is 19.4. The molecule has 0 amide bonds. The number of phenolic OH excluding ortho intramolecular Hbond substituents is 2. The van der Waals surface area contributed by atoms with Gasteiger partial charge in [-0.2, -0.15) is 0 Å². The molecular weight excluding hydrogens is 292 g/mol. The summed E-state index contributed by atoms with van der Waals surface area (Å²) in [4.78, 5) is 0. The Morgan fingerprint density at radius 1 is 1.00 bits per heavy atom. The molecule has 4 heteroatoms. The maximum Gasteiger partial charge on any atom is 0.127 e. The second kappa shape index (κ2) is 5.46. The first-order chi connectivity index (χ1) is 11.2. The van der Waals surface area contributed by atoms with E-state index in [1.807, 2.05) is 24.3 Å². The van der Waals surface area contributed by atoms with Crippen LogP contribution < -0.4 is 4.74 Å². The molecule has 0 radical (unpaired) electrons. The van der Waals surface area contributed by atoms with E-state index in [4.69, 9.17) is 9.47 Å². The van der Waals surface area contributed by atoms with Crippen molar-refractivity contribution in [1.29, 1.82) is 0 Å². The maximum atomic E-state index is 9.83. The number of methoxy groups -OCH3 is 1. The van der Waals surface area contributed by atoms with Crippen LogP contribution in [0.1, 0.15) is 36.0 Å². The molecule has 4 atom stereocenters. The molecule has 2 N–H and O–H groups in total. The van der Waals surface area contributed by atoms with Gasteiger partial charge < -0.3 is 19.7 Å². The summed E-state index contributed by atoms with van der Waals surface area (Å²) < 4.78 is 11.9. The third kappa shape index (κ3) is 2.43. The molecule has 1 heterocycles. The zero-order valence-electron chi connectivity index (χ0n) is 13.0. The standard InChI is InChI=1S/C19H20O4/c1-22-14-9-15-16-8-13(21)6-7-18(16)23-19(17(15)10-14)11-2-4-12(20)5-3-11/h2-8,14-15,17,19-21H,9-10H2,1H3. The summed E-state index contributed by atoms with van der Waals surface area (Å²) >= 11 is 0. The largest absolute Gasteiger partial charge is 0.508 e. The fraction of sp³-hybridized carbons (Fsp3) is 0.368. The second-order valence-electron chi connectivity index (χ2n) is 6.45. The van der Waals surface area contributed by atoms with E-state index < -0.39 is 0 Å². The van der Waals surface area contributed by atoms with E-state index in [2.05, 4.69) is 0 Å². The number of aromatic hydroxyl groups is 2. The minimum atomic E-state index is -0.0576. The van der Waals surface area contributed by atoms with E-state index in [1.54, 1.807) is 25.3 Å². The Hall–Kier alpha value is -2.20. The third-order valence-corrected chi connectivity index (χ3v) is 5.16. The Kier molecular flexibility index (Phi) is 3.42. The van der Waals surface area contributed by atoms with Gasteiger partial charge in [-0.15, -0.1) is 0 Å². The first-order valence-corrected chi connectivity index (χ1v) is 7.97. The molecule has 0 spiro atoms. The van der Waals surface area contributed by atoms with Gasteiger partial charge in [0.15, 0.2) is 0 Å². The Morgan fingerprint density at radius 2 is 1.74 bits per heavy atom. The lowest BCUT2D eigenvalue weighted by molar-refractivity contribution is 0.0804. The Labute approximate surface area is 135 Å². The topological polar surface area (TPSA) is 58.9 Å². The van der Waals surface area contributed by atoms with E-state index in [1.165, 1.54) is 0 Å². The van der Waals surface area contributed by atoms with Gasteiger partial charge in [-0.1, -0.05) is 12.1 Å². The molecule has 4 rings (SSSR count).